The Balaban J connectivity index is 1.69. The molecule has 2 atom stereocenters. The molecule has 0 radical (unpaired) electrons. The van der Waals surface area contributed by atoms with Crippen molar-refractivity contribution in [3.63, 3.8) is 0 Å². The number of anilines is 1. The van der Waals surface area contributed by atoms with Crippen LogP contribution in [0.25, 0.3) is 0 Å². The average molecular weight is 381 g/mol. The van der Waals surface area contributed by atoms with Gasteiger partial charge in [-0.3, -0.25) is 4.79 Å². The Bertz CT molecular complexity index is 737. The SMILES string of the molecule is C[C@@H](CC(=O)N(Cc1ccc(N(C)C)cc1)C[C@H]1CCCO1)c1ccccc1. The Kier molecular flexibility index (Phi) is 7.10. The van der Waals surface area contributed by atoms with E-state index >= 15 is 0 Å². The van der Waals surface area contributed by atoms with E-state index < -0.39 is 0 Å². The van der Waals surface area contributed by atoms with Gasteiger partial charge in [0.2, 0.25) is 5.91 Å². The van der Waals surface area contributed by atoms with Gasteiger partial charge in [-0.15, -0.1) is 0 Å². The normalized spacial score (nSPS) is 17.3. The van der Waals surface area contributed by atoms with E-state index in [1.54, 1.807) is 0 Å². The second kappa shape index (κ2) is 9.74. The predicted octanol–water partition coefficient (Wildman–Crippen LogP) is 4.45. The van der Waals surface area contributed by atoms with Gasteiger partial charge < -0.3 is 14.5 Å². The largest absolute Gasteiger partial charge is 0.378 e. The molecule has 1 aliphatic rings. The number of hydrogen-bond donors (Lipinski definition) is 0. The van der Waals surface area contributed by atoms with Gasteiger partial charge in [0.1, 0.15) is 0 Å². The number of rotatable bonds is 8. The quantitative estimate of drug-likeness (QED) is 0.678. The first-order valence-corrected chi connectivity index (χ1v) is 10.2. The molecule has 0 saturated carbocycles. The summed E-state index contributed by atoms with van der Waals surface area (Å²) in [7, 11) is 4.07. The van der Waals surface area contributed by atoms with Crippen LogP contribution in [0.15, 0.2) is 54.6 Å². The molecule has 0 bridgehead atoms. The number of ether oxygens (including phenoxy) is 1. The van der Waals surface area contributed by atoms with Crippen LogP contribution in [0.2, 0.25) is 0 Å². The molecule has 0 unspecified atom stereocenters. The lowest BCUT2D eigenvalue weighted by Gasteiger charge is -2.27. The average Bonchev–Trinajstić information content (AvgIpc) is 3.21. The molecule has 1 fully saturated rings. The lowest BCUT2D eigenvalue weighted by Crippen LogP contribution is -2.37. The standard InChI is InChI=1S/C24H32N2O2/c1-19(21-8-5-4-6-9-21)16-24(27)26(18-23-10-7-15-28-23)17-20-11-13-22(14-12-20)25(2)3/h4-6,8-9,11-14,19,23H,7,10,15-18H2,1-3H3/t19-,23+/m0/s1. The summed E-state index contributed by atoms with van der Waals surface area (Å²) in [5.41, 5.74) is 3.53. The Morgan fingerprint density at radius 3 is 2.43 bits per heavy atom. The molecule has 0 aliphatic carbocycles. The van der Waals surface area contributed by atoms with Gasteiger partial charge in [0, 0.05) is 45.9 Å². The lowest BCUT2D eigenvalue weighted by molar-refractivity contribution is -0.133. The van der Waals surface area contributed by atoms with Crippen LogP contribution in [0.3, 0.4) is 0 Å². The summed E-state index contributed by atoms with van der Waals surface area (Å²) in [6, 6.07) is 18.7. The molecule has 1 aliphatic heterocycles. The molecule has 0 aromatic heterocycles. The van der Waals surface area contributed by atoms with Crippen LogP contribution in [0.1, 0.15) is 43.2 Å². The third-order valence-corrected chi connectivity index (χ3v) is 5.48. The van der Waals surface area contributed by atoms with Gasteiger partial charge in [-0.1, -0.05) is 49.4 Å². The zero-order valence-corrected chi connectivity index (χ0v) is 17.3. The number of carbonyl (C=O) groups is 1. The summed E-state index contributed by atoms with van der Waals surface area (Å²) in [5.74, 6) is 0.403. The van der Waals surface area contributed by atoms with Crippen LogP contribution in [-0.4, -0.2) is 44.2 Å². The van der Waals surface area contributed by atoms with Crippen molar-refractivity contribution in [3.8, 4) is 0 Å². The number of carbonyl (C=O) groups excluding carboxylic acids is 1. The summed E-state index contributed by atoms with van der Waals surface area (Å²) < 4.78 is 5.81. The first-order valence-electron chi connectivity index (χ1n) is 10.2. The third-order valence-electron chi connectivity index (χ3n) is 5.48. The molecule has 2 aromatic rings. The molecule has 1 amide bonds. The van der Waals surface area contributed by atoms with Crippen LogP contribution in [0.5, 0.6) is 0 Å². The molecular formula is C24H32N2O2. The van der Waals surface area contributed by atoms with E-state index in [1.807, 2.05) is 37.2 Å². The fraction of sp³-hybridized carbons (Fsp3) is 0.458. The van der Waals surface area contributed by atoms with Crippen molar-refractivity contribution in [2.45, 2.75) is 44.8 Å². The van der Waals surface area contributed by atoms with Crippen molar-refractivity contribution < 1.29 is 9.53 Å². The molecule has 0 N–H and O–H groups in total. The third kappa shape index (κ3) is 5.59. The molecule has 1 saturated heterocycles. The fourth-order valence-electron chi connectivity index (χ4n) is 3.70. The van der Waals surface area contributed by atoms with E-state index in [2.05, 4.69) is 48.2 Å². The molecule has 2 aromatic carbocycles. The maximum absolute atomic E-state index is 13.2. The van der Waals surface area contributed by atoms with Crippen molar-refractivity contribution in [1.82, 2.24) is 4.90 Å². The number of amides is 1. The number of hydrogen-bond acceptors (Lipinski definition) is 3. The van der Waals surface area contributed by atoms with Gasteiger partial charge >= 0.3 is 0 Å². The molecule has 1 heterocycles. The van der Waals surface area contributed by atoms with Crippen molar-refractivity contribution in [2.24, 2.45) is 0 Å². The first kappa shape index (κ1) is 20.4. The fourth-order valence-corrected chi connectivity index (χ4v) is 3.70. The van der Waals surface area contributed by atoms with E-state index in [0.717, 1.165) is 25.0 Å². The van der Waals surface area contributed by atoms with Crippen molar-refractivity contribution >= 4 is 11.6 Å². The molecule has 4 nitrogen and oxygen atoms in total. The predicted molar refractivity (Wildman–Crippen MR) is 115 cm³/mol. The second-order valence-corrected chi connectivity index (χ2v) is 7.99. The summed E-state index contributed by atoms with van der Waals surface area (Å²) in [5, 5.41) is 0. The summed E-state index contributed by atoms with van der Waals surface area (Å²) in [4.78, 5) is 17.2. The molecule has 28 heavy (non-hydrogen) atoms. The van der Waals surface area contributed by atoms with E-state index in [9.17, 15) is 4.79 Å². The highest BCUT2D eigenvalue weighted by atomic mass is 16.5. The van der Waals surface area contributed by atoms with E-state index in [-0.39, 0.29) is 17.9 Å². The highest BCUT2D eigenvalue weighted by Gasteiger charge is 2.24. The van der Waals surface area contributed by atoms with Gasteiger partial charge in [-0.2, -0.15) is 0 Å². The Labute approximate surface area is 169 Å². The Hall–Kier alpha value is -2.33. The number of benzene rings is 2. The summed E-state index contributed by atoms with van der Waals surface area (Å²) >= 11 is 0. The highest BCUT2D eigenvalue weighted by Crippen LogP contribution is 2.22. The van der Waals surface area contributed by atoms with Gasteiger partial charge in [-0.25, -0.2) is 0 Å². The molecule has 0 spiro atoms. The summed E-state index contributed by atoms with van der Waals surface area (Å²) in [6.07, 6.45) is 2.81. The van der Waals surface area contributed by atoms with E-state index in [0.29, 0.717) is 19.5 Å². The topological polar surface area (TPSA) is 32.8 Å². The minimum Gasteiger partial charge on any atom is -0.378 e. The van der Waals surface area contributed by atoms with Gasteiger partial charge in [-0.05, 0) is 42.0 Å². The van der Waals surface area contributed by atoms with Crippen LogP contribution >= 0.6 is 0 Å². The van der Waals surface area contributed by atoms with Crippen LogP contribution < -0.4 is 4.90 Å². The van der Waals surface area contributed by atoms with Crippen LogP contribution in [-0.2, 0) is 16.1 Å². The zero-order chi connectivity index (χ0) is 19.9. The van der Waals surface area contributed by atoms with Crippen molar-refractivity contribution in [1.29, 1.82) is 0 Å². The number of nitrogens with zero attached hydrogens (tertiary/aromatic N) is 2. The second-order valence-electron chi connectivity index (χ2n) is 7.99. The van der Waals surface area contributed by atoms with Crippen molar-refractivity contribution in [3.05, 3.63) is 65.7 Å². The van der Waals surface area contributed by atoms with Gasteiger partial charge in [0.25, 0.3) is 0 Å². The molecule has 150 valence electrons. The van der Waals surface area contributed by atoms with Crippen LogP contribution in [0, 0.1) is 0 Å². The Morgan fingerprint density at radius 2 is 1.82 bits per heavy atom. The van der Waals surface area contributed by atoms with Crippen LogP contribution in [0.4, 0.5) is 5.69 Å². The molecular weight excluding hydrogens is 348 g/mol. The highest BCUT2D eigenvalue weighted by molar-refractivity contribution is 5.77. The lowest BCUT2D eigenvalue weighted by atomic mass is 9.97. The monoisotopic (exact) mass is 380 g/mol. The smallest absolute Gasteiger partial charge is 0.223 e. The Morgan fingerprint density at radius 1 is 1.11 bits per heavy atom. The minimum atomic E-state index is 0.164. The maximum atomic E-state index is 13.2. The first-order chi connectivity index (χ1) is 13.5. The maximum Gasteiger partial charge on any atom is 0.223 e. The van der Waals surface area contributed by atoms with E-state index in [1.165, 1.54) is 11.3 Å². The van der Waals surface area contributed by atoms with Gasteiger partial charge in [0.05, 0.1) is 6.10 Å². The zero-order valence-electron chi connectivity index (χ0n) is 17.3. The molecule has 4 heteroatoms. The minimum absolute atomic E-state index is 0.164. The van der Waals surface area contributed by atoms with Gasteiger partial charge in [0.15, 0.2) is 0 Å². The molecule has 3 rings (SSSR count). The van der Waals surface area contributed by atoms with E-state index in [4.69, 9.17) is 4.74 Å². The summed E-state index contributed by atoms with van der Waals surface area (Å²) in [6.45, 7) is 4.25. The van der Waals surface area contributed by atoms with Crippen molar-refractivity contribution in [2.75, 3.05) is 32.1 Å².